The Morgan fingerprint density at radius 3 is 2.48 bits per heavy atom. The highest BCUT2D eigenvalue weighted by molar-refractivity contribution is 5.31. The monoisotopic (exact) mass is 283 g/mol. The van der Waals surface area contributed by atoms with Gasteiger partial charge >= 0.3 is 0 Å². The Kier molecular flexibility index (Phi) is 5.40. The van der Waals surface area contributed by atoms with Crippen LogP contribution in [-0.2, 0) is 13.2 Å². The number of benzene rings is 2. The molecule has 0 bridgehead atoms. The summed E-state index contributed by atoms with van der Waals surface area (Å²) in [4.78, 5) is 0. The summed E-state index contributed by atoms with van der Waals surface area (Å²) in [6.45, 7) is 10.1. The number of rotatable bonds is 6. The average Bonchev–Trinajstić information content (AvgIpc) is 2.47. The summed E-state index contributed by atoms with van der Waals surface area (Å²) in [5.74, 6) is 0.927. The highest BCUT2D eigenvalue weighted by Gasteiger charge is 2.01. The molecule has 0 aliphatic rings. The first kappa shape index (κ1) is 15.6. The second-order valence-electron chi connectivity index (χ2n) is 5.89. The minimum atomic E-state index is 0.491. The molecular weight excluding hydrogens is 258 g/mol. The maximum atomic E-state index is 5.91. The molecule has 2 heteroatoms. The standard InChI is InChI=1S/C19H25NO/c1-14(2)20-12-17-6-5-7-19(11-17)21-13-18-9-8-15(3)16(4)10-18/h5-11,14,20H,12-13H2,1-4H3. The summed E-state index contributed by atoms with van der Waals surface area (Å²) in [5, 5.41) is 3.42. The van der Waals surface area contributed by atoms with Crippen LogP contribution in [-0.4, -0.2) is 6.04 Å². The van der Waals surface area contributed by atoms with Gasteiger partial charge in [0.15, 0.2) is 0 Å². The van der Waals surface area contributed by atoms with Crippen LogP contribution in [0.25, 0.3) is 0 Å². The first-order valence-electron chi connectivity index (χ1n) is 7.56. The van der Waals surface area contributed by atoms with E-state index in [1.807, 2.05) is 12.1 Å². The lowest BCUT2D eigenvalue weighted by atomic mass is 10.1. The van der Waals surface area contributed by atoms with E-state index in [1.165, 1.54) is 22.3 Å². The van der Waals surface area contributed by atoms with Gasteiger partial charge in [0.1, 0.15) is 12.4 Å². The van der Waals surface area contributed by atoms with E-state index in [2.05, 4.69) is 63.3 Å². The molecule has 2 nitrogen and oxygen atoms in total. The van der Waals surface area contributed by atoms with Gasteiger partial charge in [0.25, 0.3) is 0 Å². The van der Waals surface area contributed by atoms with Gasteiger partial charge in [-0.25, -0.2) is 0 Å². The van der Waals surface area contributed by atoms with Crippen LogP contribution in [0.1, 0.15) is 36.1 Å². The van der Waals surface area contributed by atoms with E-state index in [0.29, 0.717) is 12.6 Å². The number of nitrogens with one attached hydrogen (secondary N) is 1. The van der Waals surface area contributed by atoms with Crippen LogP contribution in [0.3, 0.4) is 0 Å². The predicted molar refractivity (Wildman–Crippen MR) is 88.7 cm³/mol. The number of hydrogen-bond acceptors (Lipinski definition) is 2. The Bertz CT molecular complexity index is 590. The van der Waals surface area contributed by atoms with Crippen molar-refractivity contribution in [1.29, 1.82) is 0 Å². The van der Waals surface area contributed by atoms with Crippen LogP contribution in [0, 0.1) is 13.8 Å². The largest absolute Gasteiger partial charge is 0.489 e. The Labute approximate surface area is 128 Å². The second-order valence-corrected chi connectivity index (χ2v) is 5.89. The maximum Gasteiger partial charge on any atom is 0.120 e. The Hall–Kier alpha value is -1.80. The van der Waals surface area contributed by atoms with E-state index >= 15 is 0 Å². The summed E-state index contributed by atoms with van der Waals surface area (Å²) in [6.07, 6.45) is 0. The molecule has 2 aromatic carbocycles. The summed E-state index contributed by atoms with van der Waals surface area (Å²) in [6, 6.07) is 15.3. The van der Waals surface area contributed by atoms with Gasteiger partial charge in [-0.05, 0) is 48.2 Å². The quantitative estimate of drug-likeness (QED) is 0.849. The lowest BCUT2D eigenvalue weighted by molar-refractivity contribution is 0.305. The van der Waals surface area contributed by atoms with E-state index in [9.17, 15) is 0 Å². The van der Waals surface area contributed by atoms with E-state index in [0.717, 1.165) is 12.3 Å². The Morgan fingerprint density at radius 1 is 0.952 bits per heavy atom. The van der Waals surface area contributed by atoms with Crippen molar-refractivity contribution in [2.45, 2.75) is 46.9 Å². The molecule has 0 saturated carbocycles. The van der Waals surface area contributed by atoms with Crippen molar-refractivity contribution in [2.24, 2.45) is 0 Å². The highest BCUT2D eigenvalue weighted by Crippen LogP contribution is 2.16. The third-order valence-electron chi connectivity index (χ3n) is 3.59. The highest BCUT2D eigenvalue weighted by atomic mass is 16.5. The molecule has 0 saturated heterocycles. The van der Waals surface area contributed by atoms with Gasteiger partial charge < -0.3 is 10.1 Å². The van der Waals surface area contributed by atoms with Crippen LogP contribution in [0.15, 0.2) is 42.5 Å². The summed E-state index contributed by atoms with van der Waals surface area (Å²) in [5.41, 5.74) is 5.09. The molecule has 0 fully saturated rings. The van der Waals surface area contributed by atoms with Gasteiger partial charge in [-0.3, -0.25) is 0 Å². The minimum absolute atomic E-state index is 0.491. The first-order chi connectivity index (χ1) is 10.0. The zero-order valence-electron chi connectivity index (χ0n) is 13.4. The first-order valence-corrected chi connectivity index (χ1v) is 7.56. The Morgan fingerprint density at radius 2 is 1.76 bits per heavy atom. The van der Waals surface area contributed by atoms with Gasteiger partial charge in [0.05, 0.1) is 0 Å². The van der Waals surface area contributed by atoms with Crippen LogP contribution < -0.4 is 10.1 Å². The average molecular weight is 283 g/mol. The van der Waals surface area contributed by atoms with Gasteiger partial charge in [0.2, 0.25) is 0 Å². The molecule has 0 spiro atoms. The molecule has 21 heavy (non-hydrogen) atoms. The molecule has 2 rings (SSSR count). The summed E-state index contributed by atoms with van der Waals surface area (Å²) >= 11 is 0. The van der Waals surface area contributed by atoms with E-state index < -0.39 is 0 Å². The predicted octanol–water partition coefficient (Wildman–Crippen LogP) is 4.38. The van der Waals surface area contributed by atoms with Gasteiger partial charge in [-0.2, -0.15) is 0 Å². The molecule has 0 amide bonds. The van der Waals surface area contributed by atoms with Crippen LogP contribution in [0.4, 0.5) is 0 Å². The van der Waals surface area contributed by atoms with E-state index in [1.54, 1.807) is 0 Å². The normalized spacial score (nSPS) is 10.9. The zero-order valence-corrected chi connectivity index (χ0v) is 13.4. The number of aryl methyl sites for hydroxylation is 2. The fourth-order valence-corrected chi connectivity index (χ4v) is 2.13. The SMILES string of the molecule is Cc1ccc(COc2cccc(CNC(C)C)c2)cc1C. The van der Waals surface area contributed by atoms with Crippen LogP contribution in [0.2, 0.25) is 0 Å². The lowest BCUT2D eigenvalue weighted by Gasteiger charge is -2.11. The molecule has 112 valence electrons. The van der Waals surface area contributed by atoms with Crippen LogP contribution >= 0.6 is 0 Å². The van der Waals surface area contributed by atoms with Crippen molar-refractivity contribution < 1.29 is 4.74 Å². The third kappa shape index (κ3) is 4.91. The van der Waals surface area contributed by atoms with Crippen molar-refractivity contribution >= 4 is 0 Å². The van der Waals surface area contributed by atoms with Crippen molar-refractivity contribution in [3.05, 3.63) is 64.7 Å². The molecule has 0 aliphatic carbocycles. The van der Waals surface area contributed by atoms with Crippen molar-refractivity contribution in [3.8, 4) is 5.75 Å². The molecule has 0 unspecified atom stereocenters. The second kappa shape index (κ2) is 7.28. The summed E-state index contributed by atoms with van der Waals surface area (Å²) < 4.78 is 5.91. The topological polar surface area (TPSA) is 21.3 Å². The maximum absolute atomic E-state index is 5.91. The minimum Gasteiger partial charge on any atom is -0.489 e. The molecule has 0 radical (unpaired) electrons. The van der Waals surface area contributed by atoms with Gasteiger partial charge in [0, 0.05) is 12.6 Å². The smallest absolute Gasteiger partial charge is 0.120 e. The third-order valence-corrected chi connectivity index (χ3v) is 3.59. The molecular formula is C19H25NO. The van der Waals surface area contributed by atoms with E-state index in [4.69, 9.17) is 4.74 Å². The summed E-state index contributed by atoms with van der Waals surface area (Å²) in [7, 11) is 0. The molecule has 2 aromatic rings. The van der Waals surface area contributed by atoms with Crippen molar-refractivity contribution in [3.63, 3.8) is 0 Å². The fourth-order valence-electron chi connectivity index (χ4n) is 2.13. The van der Waals surface area contributed by atoms with Crippen LogP contribution in [0.5, 0.6) is 5.75 Å². The lowest BCUT2D eigenvalue weighted by Crippen LogP contribution is -2.21. The molecule has 0 heterocycles. The van der Waals surface area contributed by atoms with Crippen molar-refractivity contribution in [1.82, 2.24) is 5.32 Å². The Balaban J connectivity index is 1.96. The van der Waals surface area contributed by atoms with Crippen molar-refractivity contribution in [2.75, 3.05) is 0 Å². The molecule has 1 N–H and O–H groups in total. The number of hydrogen-bond donors (Lipinski definition) is 1. The fraction of sp³-hybridized carbons (Fsp3) is 0.368. The molecule has 0 aliphatic heterocycles. The molecule has 0 atom stereocenters. The number of ether oxygens (including phenoxy) is 1. The van der Waals surface area contributed by atoms with Gasteiger partial charge in [-0.1, -0.05) is 44.2 Å². The van der Waals surface area contributed by atoms with E-state index in [-0.39, 0.29) is 0 Å². The zero-order chi connectivity index (χ0) is 15.2. The van der Waals surface area contributed by atoms with Gasteiger partial charge in [-0.15, -0.1) is 0 Å². The molecule has 0 aromatic heterocycles.